The number of sulfonamides is 1. The molecule has 0 aliphatic heterocycles. The van der Waals surface area contributed by atoms with E-state index in [1.165, 1.54) is 18.2 Å². The number of rotatable bonds is 4. The van der Waals surface area contributed by atoms with E-state index in [2.05, 4.69) is 14.7 Å². The normalized spacial score (nSPS) is 11.6. The SMILES string of the molecule is CN(C)c1c(Cl)cccc1NS(=O)(=O)c1ccc2[nH]c(=O)[nH]c2c1. The van der Waals surface area contributed by atoms with Gasteiger partial charge in [-0.1, -0.05) is 17.7 Å². The maximum atomic E-state index is 12.7. The fraction of sp³-hybridized carbons (Fsp3) is 0.133. The molecule has 0 aliphatic rings. The summed E-state index contributed by atoms with van der Waals surface area (Å²) in [5, 5.41) is 0.436. The van der Waals surface area contributed by atoms with E-state index in [1.54, 1.807) is 37.2 Å². The fourth-order valence-electron chi connectivity index (χ4n) is 2.43. The lowest BCUT2D eigenvalue weighted by molar-refractivity contribution is 0.601. The van der Waals surface area contributed by atoms with E-state index in [0.717, 1.165) is 0 Å². The number of H-pyrrole nitrogens is 2. The quantitative estimate of drug-likeness (QED) is 0.660. The number of fused-ring (bicyclic) bond motifs is 1. The summed E-state index contributed by atoms with van der Waals surface area (Å²) in [6.45, 7) is 0. The maximum Gasteiger partial charge on any atom is 0.323 e. The van der Waals surface area contributed by atoms with Crippen LogP contribution in [0.4, 0.5) is 11.4 Å². The molecule has 3 rings (SSSR count). The number of imidazole rings is 1. The van der Waals surface area contributed by atoms with Gasteiger partial charge in [-0.05, 0) is 30.3 Å². The van der Waals surface area contributed by atoms with E-state index in [1.807, 2.05) is 0 Å². The first-order chi connectivity index (χ1) is 11.3. The van der Waals surface area contributed by atoms with E-state index in [-0.39, 0.29) is 4.90 Å². The average molecular weight is 367 g/mol. The topological polar surface area (TPSA) is 98.1 Å². The van der Waals surface area contributed by atoms with Crippen LogP contribution in [-0.4, -0.2) is 32.5 Å². The maximum absolute atomic E-state index is 12.7. The summed E-state index contributed by atoms with van der Waals surface area (Å²) in [4.78, 5) is 18.2. The number of nitrogens with one attached hydrogen (secondary N) is 3. The second-order valence-corrected chi connectivity index (χ2v) is 7.51. The van der Waals surface area contributed by atoms with E-state index < -0.39 is 15.7 Å². The molecule has 9 heteroatoms. The van der Waals surface area contributed by atoms with Crippen LogP contribution in [0.2, 0.25) is 5.02 Å². The first-order valence-corrected chi connectivity index (χ1v) is 8.85. The number of para-hydroxylation sites is 1. The molecular weight excluding hydrogens is 352 g/mol. The van der Waals surface area contributed by atoms with Crippen molar-refractivity contribution in [3.05, 3.63) is 51.9 Å². The first-order valence-electron chi connectivity index (χ1n) is 6.98. The summed E-state index contributed by atoms with van der Waals surface area (Å²) in [6, 6.07) is 9.34. The Morgan fingerprint density at radius 3 is 2.50 bits per heavy atom. The molecule has 24 heavy (non-hydrogen) atoms. The number of nitrogens with zero attached hydrogens (tertiary/aromatic N) is 1. The lowest BCUT2D eigenvalue weighted by atomic mass is 10.2. The van der Waals surface area contributed by atoms with Crippen LogP contribution < -0.4 is 15.3 Å². The van der Waals surface area contributed by atoms with Crippen LogP contribution in [0.5, 0.6) is 0 Å². The molecule has 0 radical (unpaired) electrons. The lowest BCUT2D eigenvalue weighted by Crippen LogP contribution is -2.17. The Bertz CT molecular complexity index is 1070. The number of benzene rings is 2. The van der Waals surface area contributed by atoms with Crippen molar-refractivity contribution >= 4 is 44.0 Å². The lowest BCUT2D eigenvalue weighted by Gasteiger charge is -2.20. The van der Waals surface area contributed by atoms with Crippen LogP contribution in [0.1, 0.15) is 0 Å². The van der Waals surface area contributed by atoms with Gasteiger partial charge in [-0.3, -0.25) is 4.72 Å². The molecule has 0 fully saturated rings. The van der Waals surface area contributed by atoms with Crippen molar-refractivity contribution in [2.45, 2.75) is 4.90 Å². The molecule has 0 unspecified atom stereocenters. The third-order valence-electron chi connectivity index (χ3n) is 3.48. The summed E-state index contributed by atoms with van der Waals surface area (Å²) >= 11 is 6.16. The van der Waals surface area contributed by atoms with Gasteiger partial charge in [0, 0.05) is 14.1 Å². The number of aromatic nitrogens is 2. The van der Waals surface area contributed by atoms with Crippen LogP contribution >= 0.6 is 11.6 Å². The van der Waals surface area contributed by atoms with Crippen LogP contribution in [0.25, 0.3) is 11.0 Å². The van der Waals surface area contributed by atoms with Crippen LogP contribution in [0, 0.1) is 0 Å². The summed E-state index contributed by atoms with van der Waals surface area (Å²) in [6.07, 6.45) is 0. The number of aromatic amines is 2. The summed E-state index contributed by atoms with van der Waals surface area (Å²) in [7, 11) is -0.293. The Kier molecular flexibility index (Phi) is 4.02. The number of hydrogen-bond donors (Lipinski definition) is 3. The highest BCUT2D eigenvalue weighted by Crippen LogP contribution is 2.33. The zero-order valence-corrected chi connectivity index (χ0v) is 14.5. The van der Waals surface area contributed by atoms with Gasteiger partial charge in [0.15, 0.2) is 0 Å². The number of halogens is 1. The molecule has 2 aromatic carbocycles. The third-order valence-corrected chi connectivity index (χ3v) is 5.14. The average Bonchev–Trinajstić information content (AvgIpc) is 2.85. The van der Waals surface area contributed by atoms with Gasteiger partial charge in [-0.2, -0.15) is 0 Å². The van der Waals surface area contributed by atoms with E-state index in [4.69, 9.17) is 11.6 Å². The van der Waals surface area contributed by atoms with Crippen molar-refractivity contribution in [2.75, 3.05) is 23.7 Å². The highest BCUT2D eigenvalue weighted by Gasteiger charge is 2.19. The van der Waals surface area contributed by atoms with Crippen LogP contribution in [0.15, 0.2) is 46.1 Å². The molecule has 7 nitrogen and oxygen atoms in total. The zero-order valence-electron chi connectivity index (χ0n) is 12.9. The van der Waals surface area contributed by atoms with Gasteiger partial charge < -0.3 is 14.9 Å². The van der Waals surface area contributed by atoms with Crippen molar-refractivity contribution in [1.29, 1.82) is 0 Å². The smallest absolute Gasteiger partial charge is 0.323 e. The van der Waals surface area contributed by atoms with Crippen LogP contribution in [0.3, 0.4) is 0 Å². The molecule has 0 aliphatic carbocycles. The van der Waals surface area contributed by atoms with Crippen molar-refractivity contribution in [3.8, 4) is 0 Å². The Morgan fingerprint density at radius 2 is 1.79 bits per heavy atom. The predicted octanol–water partition coefficient (Wildman–Crippen LogP) is 2.38. The molecule has 0 saturated carbocycles. The molecule has 1 aromatic heterocycles. The summed E-state index contributed by atoms with van der Waals surface area (Å²) < 4.78 is 27.9. The highest BCUT2D eigenvalue weighted by molar-refractivity contribution is 7.92. The molecule has 1 heterocycles. The van der Waals surface area contributed by atoms with Crippen molar-refractivity contribution in [1.82, 2.24) is 9.97 Å². The summed E-state index contributed by atoms with van der Waals surface area (Å²) in [5.41, 5.74) is 1.50. The molecule has 0 bridgehead atoms. The van der Waals surface area contributed by atoms with Gasteiger partial charge >= 0.3 is 5.69 Å². The molecule has 3 N–H and O–H groups in total. The minimum absolute atomic E-state index is 0.0370. The Labute approximate surface area is 143 Å². The second-order valence-electron chi connectivity index (χ2n) is 5.42. The van der Waals surface area contributed by atoms with Gasteiger partial charge in [0.05, 0.1) is 32.3 Å². The number of anilines is 2. The van der Waals surface area contributed by atoms with Crippen molar-refractivity contribution in [3.63, 3.8) is 0 Å². The van der Waals surface area contributed by atoms with Gasteiger partial charge in [0.1, 0.15) is 0 Å². The number of hydrogen-bond acceptors (Lipinski definition) is 4. The fourth-order valence-corrected chi connectivity index (χ4v) is 3.87. The molecule has 3 aromatic rings. The van der Waals surface area contributed by atoms with Gasteiger partial charge in [-0.15, -0.1) is 0 Å². The Morgan fingerprint density at radius 1 is 1.08 bits per heavy atom. The van der Waals surface area contributed by atoms with Gasteiger partial charge in [0.25, 0.3) is 10.0 Å². The largest absolute Gasteiger partial charge is 0.375 e. The third kappa shape index (κ3) is 2.98. The minimum Gasteiger partial charge on any atom is -0.375 e. The van der Waals surface area contributed by atoms with Crippen molar-refractivity contribution in [2.24, 2.45) is 0 Å². The summed E-state index contributed by atoms with van der Waals surface area (Å²) in [5.74, 6) is 0. The Balaban J connectivity index is 2.05. The van der Waals surface area contributed by atoms with Crippen LogP contribution in [-0.2, 0) is 10.0 Å². The van der Waals surface area contributed by atoms with E-state index >= 15 is 0 Å². The second kappa shape index (κ2) is 5.88. The van der Waals surface area contributed by atoms with Crippen molar-refractivity contribution < 1.29 is 8.42 Å². The molecule has 0 atom stereocenters. The zero-order chi connectivity index (χ0) is 17.5. The molecule has 0 spiro atoms. The molecule has 0 amide bonds. The van der Waals surface area contributed by atoms with Gasteiger partial charge in [0.2, 0.25) is 0 Å². The molecular formula is C15H15ClN4O3S. The Hall–Kier alpha value is -2.45. The van der Waals surface area contributed by atoms with E-state index in [9.17, 15) is 13.2 Å². The molecule has 0 saturated heterocycles. The predicted molar refractivity (Wildman–Crippen MR) is 95.5 cm³/mol. The monoisotopic (exact) mass is 366 g/mol. The minimum atomic E-state index is -3.84. The highest BCUT2D eigenvalue weighted by atomic mass is 35.5. The first kappa shape index (κ1) is 16.4. The van der Waals surface area contributed by atoms with E-state index in [0.29, 0.717) is 27.4 Å². The molecule has 126 valence electrons. The standard InChI is InChI=1S/C15H15ClN4O3S/c1-20(2)14-10(16)4-3-5-12(14)19-24(22,23)9-6-7-11-13(8-9)18-15(21)17-11/h3-8,19H,1-2H3,(H2,17,18,21). The van der Waals surface area contributed by atoms with Gasteiger partial charge in [-0.25, -0.2) is 13.2 Å².